The Bertz CT molecular complexity index is 1240. The first-order valence-electron chi connectivity index (χ1n) is 12.4. The van der Waals surface area contributed by atoms with Crippen molar-refractivity contribution in [2.24, 2.45) is 5.92 Å². The number of halogens is 1. The molecule has 0 saturated heterocycles. The highest BCUT2D eigenvalue weighted by atomic mass is 32.1. The summed E-state index contributed by atoms with van der Waals surface area (Å²) >= 11 is 1.62. The van der Waals surface area contributed by atoms with Gasteiger partial charge in [-0.05, 0) is 87.3 Å². The fourth-order valence-corrected chi connectivity index (χ4v) is 6.06. The number of carboxylic acid groups (broad SMARTS) is 1. The van der Waals surface area contributed by atoms with E-state index in [1.54, 1.807) is 11.3 Å². The van der Waals surface area contributed by atoms with Crippen molar-refractivity contribution in [1.29, 1.82) is 0 Å². The van der Waals surface area contributed by atoms with Gasteiger partial charge in [-0.25, -0.2) is 4.39 Å². The van der Waals surface area contributed by atoms with E-state index in [1.165, 1.54) is 12.1 Å². The van der Waals surface area contributed by atoms with E-state index in [1.807, 2.05) is 51.1 Å². The number of thiophene rings is 1. The molecule has 0 radical (unpaired) electrons. The Kier molecular flexibility index (Phi) is 8.09. The number of hydrogen-bond donors (Lipinski definition) is 2. The summed E-state index contributed by atoms with van der Waals surface area (Å²) in [5.41, 5.74) is 4.47. The molecule has 1 aromatic heterocycles. The highest BCUT2D eigenvalue weighted by Gasteiger charge is 2.28. The van der Waals surface area contributed by atoms with E-state index in [4.69, 9.17) is 4.74 Å². The van der Waals surface area contributed by atoms with Gasteiger partial charge in [-0.2, -0.15) is 0 Å². The van der Waals surface area contributed by atoms with Gasteiger partial charge in [0.2, 0.25) is 0 Å². The van der Waals surface area contributed by atoms with Gasteiger partial charge < -0.3 is 15.2 Å². The van der Waals surface area contributed by atoms with Crippen LogP contribution in [-0.2, 0) is 11.2 Å². The molecule has 1 aliphatic rings. The minimum Gasteiger partial charge on any atom is -0.494 e. The third-order valence-corrected chi connectivity index (χ3v) is 7.94. The molecule has 1 fully saturated rings. The van der Waals surface area contributed by atoms with E-state index >= 15 is 0 Å². The zero-order valence-corrected chi connectivity index (χ0v) is 21.7. The summed E-state index contributed by atoms with van der Waals surface area (Å²) in [5, 5.41) is 12.4. The fraction of sp³-hybridized carbons (Fsp3) is 0.379. The molecule has 1 saturated carbocycles. The number of carbonyl (C=O) groups is 2. The number of hydrogen-bond acceptors (Lipinski definition) is 4. The smallest absolute Gasteiger partial charge is 0.306 e. The van der Waals surface area contributed by atoms with Crippen molar-refractivity contribution < 1.29 is 23.8 Å². The van der Waals surface area contributed by atoms with Crippen LogP contribution in [0.2, 0.25) is 0 Å². The van der Waals surface area contributed by atoms with E-state index in [0.29, 0.717) is 44.5 Å². The number of nitrogens with one attached hydrogen (secondary N) is 1. The van der Waals surface area contributed by atoms with Crippen LogP contribution in [0.4, 0.5) is 4.39 Å². The van der Waals surface area contributed by atoms with Gasteiger partial charge in [0.15, 0.2) is 0 Å². The first kappa shape index (κ1) is 25.9. The molecule has 3 aromatic rings. The predicted octanol–water partition coefficient (Wildman–Crippen LogP) is 6.53. The second-order valence-corrected chi connectivity index (χ2v) is 10.8. The Labute approximate surface area is 215 Å². The lowest BCUT2D eigenvalue weighted by molar-refractivity contribution is -0.142. The van der Waals surface area contributed by atoms with Gasteiger partial charge in [0, 0.05) is 21.9 Å². The molecule has 4 rings (SSSR count). The maximum atomic E-state index is 14.1. The van der Waals surface area contributed by atoms with E-state index in [-0.39, 0.29) is 23.7 Å². The van der Waals surface area contributed by atoms with Crippen LogP contribution < -0.4 is 10.1 Å². The van der Waals surface area contributed by atoms with Crippen molar-refractivity contribution >= 4 is 23.2 Å². The number of carboxylic acids is 1. The molecule has 1 aliphatic carbocycles. The molecule has 0 atom stereocenters. The maximum absolute atomic E-state index is 14.1. The lowest BCUT2D eigenvalue weighted by atomic mass is 9.86. The van der Waals surface area contributed by atoms with Gasteiger partial charge in [-0.1, -0.05) is 24.3 Å². The van der Waals surface area contributed by atoms with E-state index < -0.39 is 5.97 Å². The molecule has 2 N–H and O–H groups in total. The summed E-state index contributed by atoms with van der Waals surface area (Å²) in [6.45, 7) is 6.35. The molecular formula is C29H32FNO4S. The Morgan fingerprint density at radius 3 is 2.36 bits per heavy atom. The summed E-state index contributed by atoms with van der Waals surface area (Å²) in [6, 6.07) is 12.7. The van der Waals surface area contributed by atoms with Crippen molar-refractivity contribution in [2.75, 3.05) is 6.61 Å². The summed E-state index contributed by atoms with van der Waals surface area (Å²) in [5.74, 6) is -0.959. The number of aryl methyl sites for hydroxylation is 2. The zero-order chi connectivity index (χ0) is 25.8. The van der Waals surface area contributed by atoms with Gasteiger partial charge in [0.05, 0.1) is 18.1 Å². The van der Waals surface area contributed by atoms with Crippen molar-refractivity contribution in [3.8, 4) is 16.9 Å². The second-order valence-electron chi connectivity index (χ2n) is 9.41. The van der Waals surface area contributed by atoms with Crippen molar-refractivity contribution in [2.45, 2.75) is 58.9 Å². The van der Waals surface area contributed by atoms with Crippen LogP contribution in [0.15, 0.2) is 42.5 Å². The van der Waals surface area contributed by atoms with Gasteiger partial charge in [-0.15, -0.1) is 11.3 Å². The lowest BCUT2D eigenvalue weighted by Crippen LogP contribution is -2.39. The van der Waals surface area contributed by atoms with Crippen LogP contribution in [-0.4, -0.2) is 29.6 Å². The van der Waals surface area contributed by atoms with Crippen molar-refractivity contribution in [1.82, 2.24) is 5.32 Å². The normalized spacial score (nSPS) is 17.6. The number of benzene rings is 2. The minimum atomic E-state index is -0.746. The molecule has 5 nitrogen and oxygen atoms in total. The Hall–Kier alpha value is -3.19. The highest BCUT2D eigenvalue weighted by Crippen LogP contribution is 2.32. The van der Waals surface area contributed by atoms with Gasteiger partial charge in [0.25, 0.3) is 5.91 Å². The molecule has 0 unspecified atom stereocenters. The first-order chi connectivity index (χ1) is 17.2. The molecule has 1 heterocycles. The van der Waals surface area contributed by atoms with E-state index in [9.17, 15) is 19.1 Å². The van der Waals surface area contributed by atoms with Gasteiger partial charge >= 0.3 is 5.97 Å². The number of ether oxygens (including phenoxy) is 1. The first-order valence-corrected chi connectivity index (χ1v) is 13.2. The van der Waals surface area contributed by atoms with Gasteiger partial charge in [-0.3, -0.25) is 9.59 Å². The van der Waals surface area contributed by atoms with Crippen LogP contribution in [0.25, 0.3) is 11.1 Å². The van der Waals surface area contributed by atoms with Crippen molar-refractivity contribution in [3.63, 3.8) is 0 Å². The Morgan fingerprint density at radius 2 is 1.72 bits per heavy atom. The maximum Gasteiger partial charge on any atom is 0.306 e. The third kappa shape index (κ3) is 5.95. The highest BCUT2D eigenvalue weighted by molar-refractivity contribution is 7.12. The topological polar surface area (TPSA) is 75.6 Å². The second kappa shape index (κ2) is 11.2. The van der Waals surface area contributed by atoms with E-state index in [0.717, 1.165) is 37.6 Å². The Morgan fingerprint density at radius 1 is 1.03 bits per heavy atom. The number of aliphatic carboxylic acids is 1. The van der Waals surface area contributed by atoms with Crippen LogP contribution in [0.3, 0.4) is 0 Å². The lowest BCUT2D eigenvalue weighted by Gasteiger charge is -2.27. The number of amides is 1. The zero-order valence-electron chi connectivity index (χ0n) is 20.9. The molecule has 0 spiro atoms. The quantitative estimate of drug-likeness (QED) is 0.362. The molecule has 0 bridgehead atoms. The monoisotopic (exact) mass is 509 g/mol. The van der Waals surface area contributed by atoms with Gasteiger partial charge in [0.1, 0.15) is 11.6 Å². The molecular weight excluding hydrogens is 477 g/mol. The SMILES string of the molecule is CCOc1cc(F)cc(-c2ccc(Cc3c(C)sc(C)c3C(=O)NC3CCC(C(=O)O)CC3)cc2)c1. The molecule has 190 valence electrons. The molecule has 36 heavy (non-hydrogen) atoms. The molecule has 1 amide bonds. The van der Waals surface area contributed by atoms with E-state index in [2.05, 4.69) is 5.32 Å². The average molecular weight is 510 g/mol. The van der Waals surface area contributed by atoms with Crippen LogP contribution in [0.5, 0.6) is 5.75 Å². The summed E-state index contributed by atoms with van der Waals surface area (Å²) < 4.78 is 19.5. The average Bonchev–Trinajstić information content (AvgIpc) is 3.12. The fourth-order valence-electron chi connectivity index (χ4n) is 4.98. The third-order valence-electron chi connectivity index (χ3n) is 6.87. The van der Waals surface area contributed by atoms with Crippen LogP contribution in [0.1, 0.15) is 63.8 Å². The molecule has 7 heteroatoms. The standard InChI is InChI=1S/C29H32FNO4S/c1-4-35-25-15-22(14-23(30)16-25)20-7-5-19(6-8-20)13-26-17(2)36-18(3)27(26)28(32)31-24-11-9-21(10-12-24)29(33)34/h5-8,14-16,21,24H,4,9-13H2,1-3H3,(H,31,32)(H,33,34). The van der Waals surface area contributed by atoms with Crippen molar-refractivity contribution in [3.05, 3.63) is 74.7 Å². The predicted molar refractivity (Wildman–Crippen MR) is 140 cm³/mol. The number of carbonyl (C=O) groups excluding carboxylic acids is 1. The summed E-state index contributed by atoms with van der Waals surface area (Å²) in [6.07, 6.45) is 3.19. The minimum absolute atomic E-state index is 0.00712. The van der Waals surface area contributed by atoms with Crippen LogP contribution in [0, 0.1) is 25.6 Å². The van der Waals surface area contributed by atoms with Crippen LogP contribution >= 0.6 is 11.3 Å². The molecule has 2 aromatic carbocycles. The number of rotatable bonds is 8. The largest absolute Gasteiger partial charge is 0.494 e. The Balaban J connectivity index is 1.49. The molecule has 0 aliphatic heterocycles. The summed E-state index contributed by atoms with van der Waals surface area (Å²) in [7, 11) is 0. The summed E-state index contributed by atoms with van der Waals surface area (Å²) in [4.78, 5) is 26.6.